The number of sulfone groups is 1. The lowest BCUT2D eigenvalue weighted by molar-refractivity contribution is 0.167. The van der Waals surface area contributed by atoms with Crippen LogP contribution in [0.4, 0.5) is 0 Å². The Bertz CT molecular complexity index is 269. The molecule has 0 aromatic rings. The third-order valence-electron chi connectivity index (χ3n) is 3.26. The van der Waals surface area contributed by atoms with Gasteiger partial charge >= 0.3 is 0 Å². The Kier molecular flexibility index (Phi) is 1.74. The molecule has 70 valence electrons. The SMILES string of the molecule is CS(=O)(=O)C1CC2(CCNC2)C1. The van der Waals surface area contributed by atoms with Gasteiger partial charge in [0.2, 0.25) is 0 Å². The van der Waals surface area contributed by atoms with Crippen molar-refractivity contribution in [3.05, 3.63) is 0 Å². The van der Waals surface area contributed by atoms with Crippen LogP contribution in [0.2, 0.25) is 0 Å². The van der Waals surface area contributed by atoms with Crippen molar-refractivity contribution in [3.8, 4) is 0 Å². The van der Waals surface area contributed by atoms with Crippen LogP contribution < -0.4 is 5.32 Å². The first-order chi connectivity index (χ1) is 5.52. The summed E-state index contributed by atoms with van der Waals surface area (Å²) < 4.78 is 22.3. The van der Waals surface area contributed by atoms with E-state index in [0.717, 1.165) is 25.9 Å². The molecule has 1 aliphatic heterocycles. The highest BCUT2D eigenvalue weighted by atomic mass is 32.2. The van der Waals surface area contributed by atoms with Crippen LogP contribution in [0.15, 0.2) is 0 Å². The van der Waals surface area contributed by atoms with E-state index in [1.54, 1.807) is 0 Å². The summed E-state index contributed by atoms with van der Waals surface area (Å²) in [6.07, 6.45) is 4.30. The summed E-state index contributed by atoms with van der Waals surface area (Å²) in [7, 11) is -2.76. The largest absolute Gasteiger partial charge is 0.316 e. The lowest BCUT2D eigenvalue weighted by Gasteiger charge is -2.43. The van der Waals surface area contributed by atoms with E-state index in [0.29, 0.717) is 5.41 Å². The maximum absolute atomic E-state index is 11.1. The molecule has 2 rings (SSSR count). The van der Waals surface area contributed by atoms with Gasteiger partial charge in [0.25, 0.3) is 0 Å². The van der Waals surface area contributed by atoms with Gasteiger partial charge in [0.05, 0.1) is 5.25 Å². The maximum atomic E-state index is 11.1. The standard InChI is InChI=1S/C8H15NO2S/c1-12(10,11)7-4-8(5-7)2-3-9-6-8/h7,9H,2-6H2,1H3. The molecule has 1 N–H and O–H groups in total. The molecule has 2 aliphatic rings. The first-order valence-electron chi connectivity index (χ1n) is 4.42. The van der Waals surface area contributed by atoms with Gasteiger partial charge in [-0.2, -0.15) is 0 Å². The highest BCUT2D eigenvalue weighted by molar-refractivity contribution is 7.91. The molecular weight excluding hydrogens is 174 g/mol. The summed E-state index contributed by atoms with van der Waals surface area (Å²) in [6.45, 7) is 2.09. The minimum atomic E-state index is -2.76. The Morgan fingerprint density at radius 3 is 2.50 bits per heavy atom. The fourth-order valence-electron chi connectivity index (χ4n) is 2.35. The highest BCUT2D eigenvalue weighted by Crippen LogP contribution is 2.48. The fraction of sp³-hybridized carbons (Fsp3) is 1.00. The quantitative estimate of drug-likeness (QED) is 0.640. The van der Waals surface area contributed by atoms with E-state index in [4.69, 9.17) is 0 Å². The van der Waals surface area contributed by atoms with Gasteiger partial charge in [0.1, 0.15) is 9.84 Å². The number of hydrogen-bond acceptors (Lipinski definition) is 3. The summed E-state index contributed by atoms with van der Waals surface area (Å²) in [6, 6.07) is 0. The van der Waals surface area contributed by atoms with Gasteiger partial charge < -0.3 is 5.32 Å². The molecule has 4 heteroatoms. The molecular formula is C8H15NO2S. The molecule has 1 saturated carbocycles. The predicted molar refractivity (Wildman–Crippen MR) is 47.8 cm³/mol. The molecule has 0 radical (unpaired) electrons. The summed E-state index contributed by atoms with van der Waals surface area (Å²) in [5.41, 5.74) is 0.355. The van der Waals surface area contributed by atoms with E-state index in [1.165, 1.54) is 12.7 Å². The van der Waals surface area contributed by atoms with Gasteiger partial charge in [-0.3, -0.25) is 0 Å². The second-order valence-electron chi connectivity index (χ2n) is 4.29. The smallest absolute Gasteiger partial charge is 0.150 e. The first-order valence-corrected chi connectivity index (χ1v) is 6.37. The van der Waals surface area contributed by atoms with Crippen molar-refractivity contribution in [1.29, 1.82) is 0 Å². The van der Waals surface area contributed by atoms with Crippen LogP contribution in [-0.2, 0) is 9.84 Å². The van der Waals surface area contributed by atoms with Crippen molar-refractivity contribution in [3.63, 3.8) is 0 Å². The summed E-state index contributed by atoms with van der Waals surface area (Å²) in [4.78, 5) is 0. The van der Waals surface area contributed by atoms with Crippen molar-refractivity contribution in [2.75, 3.05) is 19.3 Å². The van der Waals surface area contributed by atoms with Crippen LogP contribution in [0.3, 0.4) is 0 Å². The number of nitrogens with one attached hydrogen (secondary N) is 1. The molecule has 0 aromatic heterocycles. The van der Waals surface area contributed by atoms with Crippen molar-refractivity contribution < 1.29 is 8.42 Å². The zero-order chi connectivity index (χ0) is 8.82. The van der Waals surface area contributed by atoms with E-state index in [2.05, 4.69) is 5.32 Å². The molecule has 0 aromatic carbocycles. The molecule has 3 nitrogen and oxygen atoms in total. The zero-order valence-corrected chi connectivity index (χ0v) is 8.15. The van der Waals surface area contributed by atoms with Crippen molar-refractivity contribution in [2.45, 2.75) is 24.5 Å². The lowest BCUT2D eigenvalue weighted by Crippen LogP contribution is -2.46. The molecule has 2 fully saturated rings. The summed E-state index contributed by atoms with van der Waals surface area (Å²) in [5.74, 6) is 0. The van der Waals surface area contributed by atoms with Gasteiger partial charge in [-0.15, -0.1) is 0 Å². The van der Waals surface area contributed by atoms with Crippen LogP contribution in [0, 0.1) is 5.41 Å². The molecule has 12 heavy (non-hydrogen) atoms. The van der Waals surface area contributed by atoms with Crippen molar-refractivity contribution >= 4 is 9.84 Å². The summed E-state index contributed by atoms with van der Waals surface area (Å²) >= 11 is 0. The fourth-order valence-corrected chi connectivity index (χ4v) is 3.67. The van der Waals surface area contributed by atoms with E-state index < -0.39 is 9.84 Å². The van der Waals surface area contributed by atoms with E-state index >= 15 is 0 Å². The van der Waals surface area contributed by atoms with E-state index in [1.807, 2.05) is 0 Å². The monoisotopic (exact) mass is 189 g/mol. The average Bonchev–Trinajstić information content (AvgIpc) is 2.27. The summed E-state index contributed by atoms with van der Waals surface area (Å²) in [5, 5.41) is 3.25. The second-order valence-corrected chi connectivity index (χ2v) is 6.61. The molecule has 0 atom stereocenters. The molecule has 1 heterocycles. The van der Waals surface area contributed by atoms with Crippen LogP contribution >= 0.6 is 0 Å². The Hall–Kier alpha value is -0.0900. The van der Waals surface area contributed by atoms with Crippen LogP contribution in [0.25, 0.3) is 0 Å². The van der Waals surface area contributed by atoms with Gasteiger partial charge in [-0.25, -0.2) is 8.42 Å². The highest BCUT2D eigenvalue weighted by Gasteiger charge is 2.49. The minimum Gasteiger partial charge on any atom is -0.316 e. The van der Waals surface area contributed by atoms with Crippen molar-refractivity contribution in [2.24, 2.45) is 5.41 Å². The lowest BCUT2D eigenvalue weighted by atomic mass is 9.68. The van der Waals surface area contributed by atoms with Crippen molar-refractivity contribution in [1.82, 2.24) is 5.32 Å². The molecule has 0 amide bonds. The second kappa shape index (κ2) is 2.45. The third-order valence-corrected chi connectivity index (χ3v) is 4.80. The molecule has 1 aliphatic carbocycles. The maximum Gasteiger partial charge on any atom is 0.150 e. The Morgan fingerprint density at radius 2 is 2.08 bits per heavy atom. The molecule has 1 spiro atoms. The number of hydrogen-bond donors (Lipinski definition) is 1. The van der Waals surface area contributed by atoms with Gasteiger partial charge in [-0.05, 0) is 31.2 Å². The predicted octanol–water partition coefficient (Wildman–Crippen LogP) is 0.173. The van der Waals surface area contributed by atoms with Crippen LogP contribution in [0.1, 0.15) is 19.3 Å². The van der Waals surface area contributed by atoms with Gasteiger partial charge in [-0.1, -0.05) is 0 Å². The van der Waals surface area contributed by atoms with E-state index in [9.17, 15) is 8.42 Å². The topological polar surface area (TPSA) is 46.2 Å². The molecule has 0 bridgehead atoms. The van der Waals surface area contributed by atoms with E-state index in [-0.39, 0.29) is 5.25 Å². The Labute approximate surface area is 73.5 Å². The number of rotatable bonds is 1. The van der Waals surface area contributed by atoms with Crippen LogP contribution in [0.5, 0.6) is 0 Å². The Morgan fingerprint density at radius 1 is 1.42 bits per heavy atom. The molecule has 0 unspecified atom stereocenters. The normalized spacial score (nSPS) is 41.6. The van der Waals surface area contributed by atoms with Crippen LogP contribution in [-0.4, -0.2) is 33.0 Å². The third kappa shape index (κ3) is 1.27. The zero-order valence-electron chi connectivity index (χ0n) is 7.34. The first kappa shape index (κ1) is 8.51. The average molecular weight is 189 g/mol. The van der Waals surface area contributed by atoms with Gasteiger partial charge in [0.15, 0.2) is 0 Å². The minimum absolute atomic E-state index is 0.0441. The molecule has 1 saturated heterocycles. The Balaban J connectivity index is 1.99. The van der Waals surface area contributed by atoms with Gasteiger partial charge in [0, 0.05) is 12.8 Å².